The van der Waals surface area contributed by atoms with Crippen LogP contribution < -0.4 is 5.32 Å². The van der Waals surface area contributed by atoms with Crippen LogP contribution in [0.25, 0.3) is 0 Å². The fourth-order valence-corrected chi connectivity index (χ4v) is 2.02. The summed E-state index contributed by atoms with van der Waals surface area (Å²) in [4.78, 5) is 37.2. The zero-order valence-corrected chi connectivity index (χ0v) is 13.3. The highest BCUT2D eigenvalue weighted by Crippen LogP contribution is 2.24. The number of likely N-dealkylation sites (N-methyl/N-ethyl adjacent to an activating group) is 1. The van der Waals surface area contributed by atoms with Crippen molar-refractivity contribution in [3.63, 3.8) is 0 Å². The maximum Gasteiger partial charge on any atom is 0.355 e. The number of carbonyl (C=O) groups excluding carboxylic acids is 3. The summed E-state index contributed by atoms with van der Waals surface area (Å²) < 4.78 is 9.87. The lowest BCUT2D eigenvalue weighted by molar-refractivity contribution is -0.180. The van der Waals surface area contributed by atoms with Crippen molar-refractivity contribution in [3.05, 3.63) is 0 Å². The molecular formula is C14H24N2O5. The van der Waals surface area contributed by atoms with Crippen molar-refractivity contribution >= 4 is 17.9 Å². The molecule has 2 atom stereocenters. The SMILES string of the molecule is CC(=O)O[C@@H](C(=O)OC(=O)C1CN(C)CCN1)C(C)(C)C. The Kier molecular flexibility index (Phi) is 5.86. The van der Waals surface area contributed by atoms with Crippen LogP contribution >= 0.6 is 0 Å². The van der Waals surface area contributed by atoms with E-state index in [1.54, 1.807) is 20.8 Å². The van der Waals surface area contributed by atoms with Gasteiger partial charge in [0.2, 0.25) is 6.10 Å². The Hall–Kier alpha value is -1.47. The first-order chi connectivity index (χ1) is 9.61. The molecule has 0 amide bonds. The van der Waals surface area contributed by atoms with Crippen LogP contribution in [0.3, 0.4) is 0 Å². The highest BCUT2D eigenvalue weighted by atomic mass is 16.6. The number of carbonyl (C=O) groups is 3. The molecule has 1 N–H and O–H groups in total. The van der Waals surface area contributed by atoms with E-state index in [0.717, 1.165) is 6.54 Å². The third kappa shape index (κ3) is 5.43. The summed E-state index contributed by atoms with van der Waals surface area (Å²) in [7, 11) is 1.89. The van der Waals surface area contributed by atoms with Crippen LogP contribution in [0.4, 0.5) is 0 Å². The molecule has 7 nitrogen and oxygen atoms in total. The Morgan fingerprint density at radius 3 is 2.38 bits per heavy atom. The molecule has 7 heteroatoms. The van der Waals surface area contributed by atoms with Gasteiger partial charge >= 0.3 is 17.9 Å². The quantitative estimate of drug-likeness (QED) is 0.577. The van der Waals surface area contributed by atoms with Crippen LogP contribution in [0.1, 0.15) is 27.7 Å². The largest absolute Gasteiger partial charge is 0.450 e. The van der Waals surface area contributed by atoms with Crippen molar-refractivity contribution in [2.45, 2.75) is 39.8 Å². The smallest absolute Gasteiger partial charge is 0.355 e. The number of rotatable bonds is 3. The molecule has 0 saturated carbocycles. The highest BCUT2D eigenvalue weighted by Gasteiger charge is 2.38. The molecule has 0 spiro atoms. The van der Waals surface area contributed by atoms with Crippen LogP contribution in [0.15, 0.2) is 0 Å². The van der Waals surface area contributed by atoms with Gasteiger partial charge in [-0.2, -0.15) is 0 Å². The molecule has 0 aromatic rings. The van der Waals surface area contributed by atoms with Gasteiger partial charge in [-0.25, -0.2) is 9.59 Å². The van der Waals surface area contributed by atoms with Gasteiger partial charge in [0.25, 0.3) is 0 Å². The van der Waals surface area contributed by atoms with Gasteiger partial charge < -0.3 is 19.7 Å². The van der Waals surface area contributed by atoms with E-state index in [1.165, 1.54) is 6.92 Å². The maximum atomic E-state index is 12.1. The number of esters is 3. The van der Waals surface area contributed by atoms with Crippen LogP contribution in [-0.4, -0.2) is 61.6 Å². The Morgan fingerprint density at radius 1 is 1.29 bits per heavy atom. The third-order valence-corrected chi connectivity index (χ3v) is 3.15. The molecule has 1 heterocycles. The van der Waals surface area contributed by atoms with Crippen LogP contribution in [0.5, 0.6) is 0 Å². The summed E-state index contributed by atoms with van der Waals surface area (Å²) in [5.41, 5.74) is -0.653. The van der Waals surface area contributed by atoms with Gasteiger partial charge in [-0.3, -0.25) is 4.79 Å². The molecule has 0 radical (unpaired) electrons. The minimum absolute atomic E-state index is 0.472. The second kappa shape index (κ2) is 7.00. The molecule has 0 bridgehead atoms. The van der Waals surface area contributed by atoms with Crippen molar-refractivity contribution in [1.82, 2.24) is 10.2 Å². The van der Waals surface area contributed by atoms with Crippen molar-refractivity contribution < 1.29 is 23.9 Å². The van der Waals surface area contributed by atoms with Crippen LogP contribution in [0.2, 0.25) is 0 Å². The molecule has 0 aliphatic carbocycles. The molecule has 1 aliphatic heterocycles. The van der Waals surface area contributed by atoms with Gasteiger partial charge in [0.05, 0.1) is 0 Å². The fourth-order valence-electron chi connectivity index (χ4n) is 2.02. The first-order valence-corrected chi connectivity index (χ1v) is 6.96. The third-order valence-electron chi connectivity index (χ3n) is 3.15. The Labute approximate surface area is 124 Å². The zero-order chi connectivity index (χ0) is 16.2. The number of nitrogens with one attached hydrogen (secondary N) is 1. The van der Waals surface area contributed by atoms with Crippen molar-refractivity contribution in [1.29, 1.82) is 0 Å². The maximum absolute atomic E-state index is 12.1. The molecule has 1 aliphatic rings. The molecule has 120 valence electrons. The lowest BCUT2D eigenvalue weighted by Crippen LogP contribution is -2.54. The highest BCUT2D eigenvalue weighted by molar-refractivity contribution is 5.91. The zero-order valence-electron chi connectivity index (χ0n) is 13.3. The monoisotopic (exact) mass is 300 g/mol. The first-order valence-electron chi connectivity index (χ1n) is 6.96. The summed E-state index contributed by atoms with van der Waals surface area (Å²) in [5.74, 6) is -2.07. The molecular weight excluding hydrogens is 276 g/mol. The molecule has 1 rings (SSSR count). The number of piperazine rings is 1. The standard InChI is InChI=1S/C14H24N2O5/c1-9(17)20-11(14(2,3)4)13(19)21-12(18)10-8-16(5)7-6-15-10/h10-11,15H,6-8H2,1-5H3/t10?,11-/m0/s1. The van der Waals surface area contributed by atoms with Gasteiger partial charge in [-0.1, -0.05) is 20.8 Å². The Balaban J connectivity index is 2.68. The number of ether oxygens (including phenoxy) is 2. The molecule has 1 saturated heterocycles. The van der Waals surface area contributed by atoms with Gasteiger partial charge in [0.15, 0.2) is 0 Å². The lowest BCUT2D eigenvalue weighted by atomic mass is 9.89. The molecule has 0 aromatic heterocycles. The predicted octanol–water partition coefficient (Wildman–Crippen LogP) is -0.0624. The van der Waals surface area contributed by atoms with Gasteiger partial charge in [-0.15, -0.1) is 0 Å². The van der Waals surface area contributed by atoms with Crippen LogP contribution in [-0.2, 0) is 23.9 Å². The van der Waals surface area contributed by atoms with E-state index in [0.29, 0.717) is 13.1 Å². The van der Waals surface area contributed by atoms with E-state index in [2.05, 4.69) is 5.32 Å². The van der Waals surface area contributed by atoms with E-state index in [9.17, 15) is 14.4 Å². The van der Waals surface area contributed by atoms with Crippen molar-refractivity contribution in [2.75, 3.05) is 26.7 Å². The first kappa shape index (κ1) is 17.6. The summed E-state index contributed by atoms with van der Waals surface area (Å²) in [6.07, 6.45) is -1.11. The second-order valence-electron chi connectivity index (χ2n) is 6.36. The van der Waals surface area contributed by atoms with E-state index in [4.69, 9.17) is 9.47 Å². The van der Waals surface area contributed by atoms with E-state index in [1.807, 2.05) is 11.9 Å². The van der Waals surface area contributed by atoms with E-state index < -0.39 is 35.5 Å². The van der Waals surface area contributed by atoms with E-state index in [-0.39, 0.29) is 0 Å². The summed E-state index contributed by atoms with van der Waals surface area (Å²) in [5, 5.41) is 3.00. The van der Waals surface area contributed by atoms with Gasteiger partial charge in [0.1, 0.15) is 6.04 Å². The molecule has 1 unspecified atom stereocenters. The molecule has 1 fully saturated rings. The number of hydrogen-bond donors (Lipinski definition) is 1. The second-order valence-corrected chi connectivity index (χ2v) is 6.36. The summed E-state index contributed by atoms with van der Waals surface area (Å²) >= 11 is 0. The van der Waals surface area contributed by atoms with Gasteiger partial charge in [0, 0.05) is 32.0 Å². The normalized spacial score (nSPS) is 21.5. The minimum atomic E-state index is -1.11. The number of hydrogen-bond acceptors (Lipinski definition) is 7. The van der Waals surface area contributed by atoms with E-state index >= 15 is 0 Å². The van der Waals surface area contributed by atoms with Gasteiger partial charge in [-0.05, 0) is 7.05 Å². The molecule has 0 aromatic carbocycles. The Bertz CT molecular complexity index is 416. The van der Waals surface area contributed by atoms with Crippen LogP contribution in [0, 0.1) is 5.41 Å². The summed E-state index contributed by atoms with van der Waals surface area (Å²) in [6.45, 7) is 8.37. The summed E-state index contributed by atoms with van der Waals surface area (Å²) in [6, 6.07) is -0.550. The minimum Gasteiger partial charge on any atom is -0.450 e. The van der Waals surface area contributed by atoms with Crippen molar-refractivity contribution in [2.24, 2.45) is 5.41 Å². The van der Waals surface area contributed by atoms with Crippen molar-refractivity contribution in [3.8, 4) is 0 Å². The molecule has 21 heavy (non-hydrogen) atoms. The topological polar surface area (TPSA) is 84.9 Å². The average molecular weight is 300 g/mol. The fraction of sp³-hybridized carbons (Fsp3) is 0.786. The average Bonchev–Trinajstić information content (AvgIpc) is 2.34. The number of nitrogens with zero attached hydrogens (tertiary/aromatic N) is 1. The lowest BCUT2D eigenvalue weighted by Gasteiger charge is -2.31. The predicted molar refractivity (Wildman–Crippen MR) is 75.4 cm³/mol. The Morgan fingerprint density at radius 2 is 1.90 bits per heavy atom.